The molecule has 0 saturated heterocycles. The zero-order valence-electron chi connectivity index (χ0n) is 11.5. The van der Waals surface area contributed by atoms with Crippen molar-refractivity contribution in [3.8, 4) is 0 Å². The summed E-state index contributed by atoms with van der Waals surface area (Å²) in [5.41, 5.74) is 1.06. The fraction of sp³-hybridized carbons (Fsp3) is 0.615. The average Bonchev–Trinajstić information content (AvgIpc) is 2.27. The average molecular weight is 286 g/mol. The Kier molecular flexibility index (Phi) is 6.41. The molecule has 1 N–H and O–H groups in total. The maximum atomic E-state index is 11.3. The van der Waals surface area contributed by atoms with E-state index in [1.54, 1.807) is 12.4 Å². The number of nitrogens with zero attached hydrogens (tertiary/aromatic N) is 2. The van der Waals surface area contributed by atoms with Crippen LogP contribution in [0.25, 0.3) is 0 Å². The van der Waals surface area contributed by atoms with Crippen molar-refractivity contribution in [1.29, 1.82) is 0 Å². The molecule has 0 fully saturated rings. The molecule has 0 saturated carbocycles. The van der Waals surface area contributed by atoms with E-state index in [-0.39, 0.29) is 18.3 Å². The summed E-state index contributed by atoms with van der Waals surface area (Å²) in [6.45, 7) is 3.81. The molecule has 0 aromatic carbocycles. The lowest BCUT2D eigenvalue weighted by Crippen LogP contribution is -2.33. The first-order valence-electron chi connectivity index (χ1n) is 6.30. The molecule has 1 heterocycles. The lowest BCUT2D eigenvalue weighted by atomic mass is 10.2. The van der Waals surface area contributed by atoms with E-state index in [1.807, 2.05) is 24.0 Å². The minimum atomic E-state index is -2.96. The van der Waals surface area contributed by atoms with E-state index in [2.05, 4.69) is 4.98 Å². The molecule has 5 nitrogen and oxygen atoms in total. The van der Waals surface area contributed by atoms with Crippen LogP contribution in [-0.2, 0) is 16.4 Å². The molecule has 0 aliphatic carbocycles. The Morgan fingerprint density at radius 1 is 1.47 bits per heavy atom. The highest BCUT2D eigenvalue weighted by atomic mass is 32.2. The molecule has 6 heteroatoms. The summed E-state index contributed by atoms with van der Waals surface area (Å²) >= 11 is 0. The Labute approximate surface area is 115 Å². The summed E-state index contributed by atoms with van der Waals surface area (Å²) in [6, 6.07) is 3.84. The van der Waals surface area contributed by atoms with Crippen LogP contribution in [0.5, 0.6) is 0 Å². The first kappa shape index (κ1) is 16.1. The maximum Gasteiger partial charge on any atom is 0.147 e. The second kappa shape index (κ2) is 7.57. The normalized spacial score (nSPS) is 13.7. The lowest BCUT2D eigenvalue weighted by Gasteiger charge is -2.24. The van der Waals surface area contributed by atoms with Crippen molar-refractivity contribution in [3.05, 3.63) is 30.1 Å². The standard InChI is InChI=1S/C13H22N2O3S/c1-12(11-19(2,17)18)9-15(6-7-16)10-13-4-3-5-14-8-13/h3-5,8,12,16H,6-7,9-11H2,1-2H3. The summed E-state index contributed by atoms with van der Waals surface area (Å²) in [4.78, 5) is 6.10. The van der Waals surface area contributed by atoms with Gasteiger partial charge in [-0.05, 0) is 17.5 Å². The van der Waals surface area contributed by atoms with Crippen molar-refractivity contribution in [2.45, 2.75) is 13.5 Å². The number of hydrogen-bond acceptors (Lipinski definition) is 5. The van der Waals surface area contributed by atoms with Gasteiger partial charge in [0.15, 0.2) is 0 Å². The van der Waals surface area contributed by atoms with Crippen LogP contribution in [0, 0.1) is 5.92 Å². The number of aliphatic hydroxyl groups is 1. The van der Waals surface area contributed by atoms with Crippen molar-refractivity contribution in [1.82, 2.24) is 9.88 Å². The second-order valence-corrected chi connectivity index (χ2v) is 7.20. The molecule has 1 aromatic rings. The summed E-state index contributed by atoms with van der Waals surface area (Å²) in [5, 5.41) is 9.08. The predicted octanol–water partition coefficient (Wildman–Crippen LogP) is 0.557. The molecule has 1 rings (SSSR count). The topological polar surface area (TPSA) is 70.5 Å². The maximum absolute atomic E-state index is 11.3. The molecule has 108 valence electrons. The molecule has 1 unspecified atom stereocenters. The van der Waals surface area contributed by atoms with E-state index in [1.165, 1.54) is 6.26 Å². The first-order valence-corrected chi connectivity index (χ1v) is 8.36. The first-order chi connectivity index (χ1) is 8.90. The highest BCUT2D eigenvalue weighted by Crippen LogP contribution is 2.08. The Bertz CT molecular complexity index is 462. The van der Waals surface area contributed by atoms with Gasteiger partial charge in [-0.2, -0.15) is 0 Å². The summed E-state index contributed by atoms with van der Waals surface area (Å²) in [5.74, 6) is 0.209. The zero-order chi connectivity index (χ0) is 14.3. The van der Waals surface area contributed by atoms with E-state index in [0.717, 1.165) is 5.56 Å². The molecule has 0 amide bonds. The molecule has 1 atom stereocenters. The number of sulfone groups is 1. The Morgan fingerprint density at radius 2 is 2.21 bits per heavy atom. The van der Waals surface area contributed by atoms with Gasteiger partial charge in [-0.3, -0.25) is 9.88 Å². The summed E-state index contributed by atoms with van der Waals surface area (Å²) in [7, 11) is -2.96. The predicted molar refractivity (Wildman–Crippen MR) is 75.5 cm³/mol. The van der Waals surface area contributed by atoms with Crippen LogP contribution in [0.3, 0.4) is 0 Å². The third-order valence-electron chi connectivity index (χ3n) is 2.70. The number of aliphatic hydroxyl groups excluding tert-OH is 1. The quantitative estimate of drug-likeness (QED) is 0.756. The summed E-state index contributed by atoms with van der Waals surface area (Å²) < 4.78 is 22.5. The van der Waals surface area contributed by atoms with Gasteiger partial charge < -0.3 is 5.11 Å². The molecule has 0 aliphatic heterocycles. The van der Waals surface area contributed by atoms with Crippen molar-refractivity contribution < 1.29 is 13.5 Å². The second-order valence-electron chi connectivity index (χ2n) is 5.02. The van der Waals surface area contributed by atoms with Gasteiger partial charge in [-0.15, -0.1) is 0 Å². The molecule has 19 heavy (non-hydrogen) atoms. The fourth-order valence-electron chi connectivity index (χ4n) is 2.14. The Hall–Kier alpha value is -0.980. The number of pyridine rings is 1. The van der Waals surface area contributed by atoms with Gasteiger partial charge in [0, 0.05) is 38.3 Å². The van der Waals surface area contributed by atoms with E-state index in [4.69, 9.17) is 5.11 Å². The van der Waals surface area contributed by atoms with Crippen LogP contribution in [0.15, 0.2) is 24.5 Å². The van der Waals surface area contributed by atoms with Gasteiger partial charge in [-0.25, -0.2) is 8.42 Å². The van der Waals surface area contributed by atoms with Crippen molar-refractivity contribution in [2.24, 2.45) is 5.92 Å². The van der Waals surface area contributed by atoms with Crippen molar-refractivity contribution >= 4 is 9.84 Å². The zero-order valence-corrected chi connectivity index (χ0v) is 12.3. The Balaban J connectivity index is 2.57. The highest BCUT2D eigenvalue weighted by Gasteiger charge is 2.15. The van der Waals surface area contributed by atoms with Gasteiger partial charge in [0.1, 0.15) is 9.84 Å². The van der Waals surface area contributed by atoms with Crippen LogP contribution in [0.4, 0.5) is 0 Å². The third kappa shape index (κ3) is 7.25. The highest BCUT2D eigenvalue weighted by molar-refractivity contribution is 7.90. The lowest BCUT2D eigenvalue weighted by molar-refractivity contribution is 0.176. The molecule has 0 aliphatic rings. The molecular weight excluding hydrogens is 264 g/mol. The van der Waals surface area contributed by atoms with Crippen molar-refractivity contribution in [3.63, 3.8) is 0 Å². The molecule has 1 aromatic heterocycles. The van der Waals surface area contributed by atoms with Gasteiger partial charge in [0.05, 0.1) is 12.4 Å². The monoisotopic (exact) mass is 286 g/mol. The number of aromatic nitrogens is 1. The van der Waals surface area contributed by atoms with Crippen LogP contribution in [-0.4, -0.2) is 55.1 Å². The smallest absolute Gasteiger partial charge is 0.147 e. The van der Waals surface area contributed by atoms with Crippen molar-refractivity contribution in [2.75, 3.05) is 31.7 Å². The van der Waals surface area contributed by atoms with Crippen LogP contribution in [0.1, 0.15) is 12.5 Å². The third-order valence-corrected chi connectivity index (χ3v) is 3.88. The van der Waals surface area contributed by atoms with Gasteiger partial charge in [-0.1, -0.05) is 13.0 Å². The molecular formula is C13H22N2O3S. The SMILES string of the molecule is CC(CN(CCO)Cc1cccnc1)CS(C)(=O)=O. The van der Waals surface area contributed by atoms with Crippen LogP contribution < -0.4 is 0 Å². The number of rotatable bonds is 8. The van der Waals surface area contributed by atoms with Crippen LogP contribution in [0.2, 0.25) is 0 Å². The Morgan fingerprint density at radius 3 is 2.74 bits per heavy atom. The van der Waals surface area contributed by atoms with Crippen LogP contribution >= 0.6 is 0 Å². The largest absolute Gasteiger partial charge is 0.395 e. The van der Waals surface area contributed by atoms with Gasteiger partial charge >= 0.3 is 0 Å². The molecule has 0 bridgehead atoms. The minimum Gasteiger partial charge on any atom is -0.395 e. The molecule has 0 spiro atoms. The van der Waals surface area contributed by atoms with Gasteiger partial charge in [0.25, 0.3) is 0 Å². The van der Waals surface area contributed by atoms with E-state index >= 15 is 0 Å². The van der Waals surface area contributed by atoms with E-state index in [0.29, 0.717) is 19.6 Å². The summed E-state index contributed by atoms with van der Waals surface area (Å²) in [6.07, 6.45) is 4.75. The van der Waals surface area contributed by atoms with E-state index < -0.39 is 9.84 Å². The van der Waals surface area contributed by atoms with Gasteiger partial charge in [0.2, 0.25) is 0 Å². The molecule has 0 radical (unpaired) electrons. The number of hydrogen-bond donors (Lipinski definition) is 1. The van der Waals surface area contributed by atoms with E-state index in [9.17, 15) is 8.42 Å². The minimum absolute atomic E-state index is 0.0400. The fourth-order valence-corrected chi connectivity index (χ4v) is 3.28.